The van der Waals surface area contributed by atoms with Gasteiger partial charge in [-0.25, -0.2) is 0 Å². The Bertz CT molecular complexity index is 973. The molecule has 0 aromatic heterocycles. The van der Waals surface area contributed by atoms with Gasteiger partial charge in [0.05, 0.1) is 23.8 Å². The summed E-state index contributed by atoms with van der Waals surface area (Å²) in [4.78, 5) is 26.4. The maximum absolute atomic E-state index is 12.5. The van der Waals surface area contributed by atoms with Crippen molar-refractivity contribution >= 4 is 29.1 Å². The van der Waals surface area contributed by atoms with Gasteiger partial charge in [-0.1, -0.05) is 17.7 Å². The lowest BCUT2D eigenvalue weighted by atomic mass is 9.83. The van der Waals surface area contributed by atoms with Gasteiger partial charge in [-0.3, -0.25) is 9.59 Å². The second-order valence-corrected chi connectivity index (χ2v) is 7.46. The Labute approximate surface area is 167 Å². The van der Waals surface area contributed by atoms with Gasteiger partial charge in [-0.2, -0.15) is 5.26 Å². The van der Waals surface area contributed by atoms with Crippen molar-refractivity contribution in [3.05, 3.63) is 64.2 Å². The molecule has 2 amide bonds. The van der Waals surface area contributed by atoms with E-state index >= 15 is 0 Å². The minimum atomic E-state index is -0.662. The van der Waals surface area contributed by atoms with Crippen LogP contribution in [0.3, 0.4) is 0 Å². The molecule has 0 radical (unpaired) electrons. The lowest BCUT2D eigenvalue weighted by Crippen LogP contribution is -2.48. The van der Waals surface area contributed by atoms with Crippen LogP contribution in [0.25, 0.3) is 0 Å². The lowest BCUT2D eigenvalue weighted by molar-refractivity contribution is -0.147. The zero-order chi connectivity index (χ0) is 19.7. The number of nitrogens with zero attached hydrogens (tertiary/aromatic N) is 2. The standard InChI is InChI=1S/C21H18ClN3O3/c22-16-2-4-17(5-3-16)24-19(26)20(27)25-9-7-21(8-10-25)18-6-1-14(12-23)11-15(18)13-28-21/h1-6,11H,7-10,13H2,(H,24,26). The molecule has 2 aliphatic rings. The molecule has 2 aromatic carbocycles. The zero-order valence-electron chi connectivity index (χ0n) is 15.1. The van der Waals surface area contributed by atoms with Crippen LogP contribution in [0, 0.1) is 11.3 Å². The number of likely N-dealkylation sites (tertiary alicyclic amines) is 1. The molecular formula is C21H18ClN3O3. The number of hydrogen-bond donors (Lipinski definition) is 1. The van der Waals surface area contributed by atoms with E-state index in [4.69, 9.17) is 21.6 Å². The molecule has 4 rings (SSSR count). The van der Waals surface area contributed by atoms with E-state index in [9.17, 15) is 9.59 Å². The van der Waals surface area contributed by atoms with E-state index in [-0.39, 0.29) is 0 Å². The van der Waals surface area contributed by atoms with E-state index in [0.717, 1.165) is 11.1 Å². The number of rotatable bonds is 1. The summed E-state index contributed by atoms with van der Waals surface area (Å²) in [7, 11) is 0. The van der Waals surface area contributed by atoms with Gasteiger partial charge < -0.3 is 15.0 Å². The van der Waals surface area contributed by atoms with Crippen LogP contribution in [0.5, 0.6) is 0 Å². The Kier molecular flexibility index (Phi) is 4.80. The van der Waals surface area contributed by atoms with Crippen molar-refractivity contribution in [1.29, 1.82) is 5.26 Å². The maximum Gasteiger partial charge on any atom is 0.313 e. The zero-order valence-corrected chi connectivity index (χ0v) is 15.8. The molecule has 28 heavy (non-hydrogen) atoms. The SMILES string of the molecule is N#Cc1ccc2c(c1)COC21CCN(C(=O)C(=O)Nc2ccc(Cl)cc2)CC1. The minimum Gasteiger partial charge on any atom is -0.365 e. The highest BCUT2D eigenvalue weighted by Crippen LogP contribution is 2.44. The maximum atomic E-state index is 12.5. The van der Waals surface area contributed by atoms with E-state index in [0.29, 0.717) is 48.8 Å². The van der Waals surface area contributed by atoms with Crippen molar-refractivity contribution in [1.82, 2.24) is 4.90 Å². The molecule has 2 aromatic rings. The normalized spacial score (nSPS) is 17.1. The van der Waals surface area contributed by atoms with Gasteiger partial charge in [0.15, 0.2) is 0 Å². The average molecular weight is 396 g/mol. The summed E-state index contributed by atoms with van der Waals surface area (Å²) in [6.07, 6.45) is 1.23. The first-order chi connectivity index (χ1) is 13.5. The van der Waals surface area contributed by atoms with E-state index in [2.05, 4.69) is 11.4 Å². The number of halogens is 1. The van der Waals surface area contributed by atoms with Crippen molar-refractivity contribution in [3.8, 4) is 6.07 Å². The van der Waals surface area contributed by atoms with Crippen LogP contribution < -0.4 is 5.32 Å². The summed E-state index contributed by atoms with van der Waals surface area (Å²) < 4.78 is 6.09. The first-order valence-corrected chi connectivity index (χ1v) is 9.42. The van der Waals surface area contributed by atoms with Crippen LogP contribution in [0.2, 0.25) is 5.02 Å². The number of benzene rings is 2. The molecule has 1 spiro atoms. The quantitative estimate of drug-likeness (QED) is 0.752. The second kappa shape index (κ2) is 7.27. The Hall–Kier alpha value is -2.88. The third-order valence-corrected chi connectivity index (χ3v) is 5.64. The van der Waals surface area contributed by atoms with E-state index in [1.165, 1.54) is 0 Å². The first kappa shape index (κ1) is 18.5. The molecule has 0 saturated carbocycles. The molecule has 0 bridgehead atoms. The van der Waals surface area contributed by atoms with Crippen LogP contribution in [-0.4, -0.2) is 29.8 Å². The molecule has 0 unspecified atom stereocenters. The molecule has 0 aliphatic carbocycles. The van der Waals surface area contributed by atoms with Gasteiger partial charge in [0, 0.05) is 23.8 Å². The molecule has 2 aliphatic heterocycles. The summed E-state index contributed by atoms with van der Waals surface area (Å²) in [6, 6.07) is 14.4. The number of amides is 2. The van der Waals surface area contributed by atoms with Crippen LogP contribution in [0.1, 0.15) is 29.5 Å². The number of carbonyl (C=O) groups excluding carboxylic acids is 2. The van der Waals surface area contributed by atoms with Gasteiger partial charge in [0.25, 0.3) is 0 Å². The van der Waals surface area contributed by atoms with E-state index < -0.39 is 17.4 Å². The number of nitrogens with one attached hydrogen (secondary N) is 1. The monoisotopic (exact) mass is 395 g/mol. The fraction of sp³-hybridized carbons (Fsp3) is 0.286. The largest absolute Gasteiger partial charge is 0.365 e. The highest BCUT2D eigenvalue weighted by molar-refractivity contribution is 6.39. The summed E-state index contributed by atoms with van der Waals surface area (Å²) in [5.41, 5.74) is 2.82. The molecule has 1 saturated heterocycles. The summed E-state index contributed by atoms with van der Waals surface area (Å²) in [5, 5.41) is 12.2. The van der Waals surface area contributed by atoms with Crippen molar-refractivity contribution < 1.29 is 14.3 Å². The molecule has 142 valence electrons. The molecule has 6 nitrogen and oxygen atoms in total. The summed E-state index contributed by atoms with van der Waals surface area (Å²) in [5.74, 6) is -1.22. The fourth-order valence-corrected chi connectivity index (χ4v) is 3.99. The predicted molar refractivity (Wildman–Crippen MR) is 104 cm³/mol. The number of fused-ring (bicyclic) bond motifs is 2. The Morgan fingerprint density at radius 1 is 1.14 bits per heavy atom. The number of piperidine rings is 1. The van der Waals surface area contributed by atoms with E-state index in [1.807, 2.05) is 12.1 Å². The molecule has 1 N–H and O–H groups in total. The first-order valence-electron chi connectivity index (χ1n) is 9.04. The van der Waals surface area contributed by atoms with Gasteiger partial charge >= 0.3 is 11.8 Å². The lowest BCUT2D eigenvalue weighted by Gasteiger charge is -2.39. The number of ether oxygens (including phenoxy) is 1. The third-order valence-electron chi connectivity index (χ3n) is 5.38. The van der Waals surface area contributed by atoms with Gasteiger partial charge in [0.1, 0.15) is 0 Å². The molecular weight excluding hydrogens is 378 g/mol. The van der Waals surface area contributed by atoms with E-state index in [1.54, 1.807) is 35.2 Å². The number of anilines is 1. The number of carbonyl (C=O) groups is 2. The van der Waals surface area contributed by atoms with Crippen molar-refractivity contribution in [2.45, 2.75) is 25.0 Å². The highest BCUT2D eigenvalue weighted by atomic mass is 35.5. The topological polar surface area (TPSA) is 82.4 Å². The van der Waals surface area contributed by atoms with Gasteiger partial charge in [0.2, 0.25) is 0 Å². The van der Waals surface area contributed by atoms with Gasteiger partial charge in [-0.15, -0.1) is 0 Å². The molecule has 0 atom stereocenters. The molecule has 2 heterocycles. The summed E-state index contributed by atoms with van der Waals surface area (Å²) in [6.45, 7) is 1.34. The Morgan fingerprint density at radius 3 is 2.54 bits per heavy atom. The van der Waals surface area contributed by atoms with Crippen LogP contribution in [-0.2, 0) is 26.5 Å². The average Bonchev–Trinajstić information content (AvgIpc) is 3.07. The number of nitriles is 1. The van der Waals surface area contributed by atoms with Crippen molar-refractivity contribution in [2.75, 3.05) is 18.4 Å². The van der Waals surface area contributed by atoms with Crippen molar-refractivity contribution in [2.24, 2.45) is 0 Å². The minimum absolute atomic E-state index is 0.437. The summed E-state index contributed by atoms with van der Waals surface area (Å²) >= 11 is 5.83. The fourth-order valence-electron chi connectivity index (χ4n) is 3.87. The molecule has 7 heteroatoms. The van der Waals surface area contributed by atoms with Gasteiger partial charge in [-0.05, 0) is 60.4 Å². The Balaban J connectivity index is 1.41. The van der Waals surface area contributed by atoms with Crippen LogP contribution >= 0.6 is 11.6 Å². The van der Waals surface area contributed by atoms with Crippen molar-refractivity contribution in [3.63, 3.8) is 0 Å². The second-order valence-electron chi connectivity index (χ2n) is 7.02. The molecule has 1 fully saturated rings. The predicted octanol–water partition coefficient (Wildman–Crippen LogP) is 3.20. The third kappa shape index (κ3) is 3.35. The number of hydrogen-bond acceptors (Lipinski definition) is 4. The van der Waals surface area contributed by atoms with Crippen LogP contribution in [0.4, 0.5) is 5.69 Å². The smallest absolute Gasteiger partial charge is 0.313 e. The van der Waals surface area contributed by atoms with Crippen LogP contribution in [0.15, 0.2) is 42.5 Å². The Morgan fingerprint density at radius 2 is 1.86 bits per heavy atom. The highest BCUT2D eigenvalue weighted by Gasteiger charge is 2.44.